The number of Topliss-reactive ketones (excluding diaryl/α,β-unsaturated/α-hetero) is 1. The molecule has 0 saturated carbocycles. The third-order valence-corrected chi connectivity index (χ3v) is 5.72. The number of carbonyl (C=O) groups is 2. The van der Waals surface area contributed by atoms with Crippen LogP contribution in [0.4, 0.5) is 5.69 Å². The molecular weight excluding hydrogens is 445 g/mol. The van der Waals surface area contributed by atoms with Crippen molar-refractivity contribution in [2.45, 2.75) is 6.42 Å². The van der Waals surface area contributed by atoms with Gasteiger partial charge in [0, 0.05) is 42.9 Å². The molecule has 0 aliphatic carbocycles. The van der Waals surface area contributed by atoms with Gasteiger partial charge in [-0.25, -0.2) is 0 Å². The molecule has 6 nitrogen and oxygen atoms in total. The molecule has 3 aromatic carbocycles. The van der Waals surface area contributed by atoms with E-state index in [1.54, 1.807) is 42.5 Å². The molecule has 0 atom stereocenters. The summed E-state index contributed by atoms with van der Waals surface area (Å²) < 4.78 is 8.37. The minimum atomic E-state index is -1.41. The van der Waals surface area contributed by atoms with Gasteiger partial charge in [-0.3, -0.25) is 4.79 Å². The molecule has 0 N–H and O–H groups in total. The van der Waals surface area contributed by atoms with Crippen molar-refractivity contribution < 1.29 is 44.3 Å². The fraction of sp³-hybridized carbons (Fsp3) is 0.120. The summed E-state index contributed by atoms with van der Waals surface area (Å²) in [6, 6.07) is 21.3. The van der Waals surface area contributed by atoms with Gasteiger partial charge in [-0.15, -0.1) is 0 Å². The molecule has 0 saturated heterocycles. The number of carbonyl (C=O) groups excluding carboxylic acids is 2. The standard InChI is InChI=1S/C25H21N3O3S.Na/c1-28(2)19-10-6-7-16(13-19)14-20(24(29)17-8-4-3-5-9-17)23(25(30)31)18-11-12-21-22(15-18)27-32-26-21;/h3-13,15H,14H2,1-2H3,(H,30,31);/q;+1/p-1. The van der Waals surface area contributed by atoms with Gasteiger partial charge in [0.2, 0.25) is 0 Å². The molecule has 160 valence electrons. The molecule has 0 bridgehead atoms. The predicted molar refractivity (Wildman–Crippen MR) is 125 cm³/mol. The van der Waals surface area contributed by atoms with Crippen molar-refractivity contribution in [2.75, 3.05) is 19.0 Å². The Morgan fingerprint density at radius 2 is 1.61 bits per heavy atom. The number of hydrogen-bond acceptors (Lipinski definition) is 7. The fourth-order valence-corrected chi connectivity index (χ4v) is 4.06. The number of carboxylic acid groups (broad SMARTS) is 1. The molecular formula is C25H20N3NaO3S. The van der Waals surface area contributed by atoms with E-state index < -0.39 is 5.97 Å². The SMILES string of the molecule is CN(C)c1cccc(CC(C(=O)c2ccccc2)=C(C(=O)[O-])c2ccc3nsnc3c2)c1.[Na+]. The quantitative estimate of drug-likeness (QED) is 0.223. The van der Waals surface area contributed by atoms with Gasteiger partial charge < -0.3 is 14.8 Å². The van der Waals surface area contributed by atoms with E-state index in [2.05, 4.69) is 8.75 Å². The van der Waals surface area contributed by atoms with Gasteiger partial charge in [0.25, 0.3) is 0 Å². The number of benzene rings is 3. The molecule has 4 rings (SSSR count). The van der Waals surface area contributed by atoms with Crippen LogP contribution in [0.25, 0.3) is 16.6 Å². The Bertz CT molecular complexity index is 1330. The van der Waals surface area contributed by atoms with Crippen molar-refractivity contribution in [1.82, 2.24) is 8.75 Å². The van der Waals surface area contributed by atoms with Crippen LogP contribution in [0, 0.1) is 0 Å². The van der Waals surface area contributed by atoms with Crippen LogP contribution in [0.5, 0.6) is 0 Å². The summed E-state index contributed by atoms with van der Waals surface area (Å²) in [7, 11) is 3.85. The number of aliphatic carboxylic acids is 1. The summed E-state index contributed by atoms with van der Waals surface area (Å²) in [5.41, 5.74) is 3.84. The minimum absolute atomic E-state index is 0. The number of carboxylic acids is 1. The molecule has 0 aliphatic rings. The molecule has 0 radical (unpaired) electrons. The first-order chi connectivity index (χ1) is 15.4. The van der Waals surface area contributed by atoms with Gasteiger partial charge in [0.1, 0.15) is 11.0 Å². The molecule has 0 fully saturated rings. The number of anilines is 1. The molecule has 0 amide bonds. The van der Waals surface area contributed by atoms with Gasteiger partial charge >= 0.3 is 29.6 Å². The average Bonchev–Trinajstić information content (AvgIpc) is 3.27. The van der Waals surface area contributed by atoms with Gasteiger partial charge in [0.05, 0.1) is 17.7 Å². The third kappa shape index (κ3) is 5.57. The van der Waals surface area contributed by atoms with Crippen LogP contribution in [0.1, 0.15) is 21.5 Å². The van der Waals surface area contributed by atoms with Crippen LogP contribution in [-0.4, -0.2) is 34.6 Å². The van der Waals surface area contributed by atoms with Gasteiger partial charge in [0.15, 0.2) is 5.78 Å². The van der Waals surface area contributed by atoms with Crippen LogP contribution in [0.3, 0.4) is 0 Å². The molecule has 33 heavy (non-hydrogen) atoms. The molecule has 8 heteroatoms. The predicted octanol–water partition coefficient (Wildman–Crippen LogP) is 0.390. The van der Waals surface area contributed by atoms with Crippen LogP contribution in [-0.2, 0) is 11.2 Å². The molecule has 1 heterocycles. The van der Waals surface area contributed by atoms with Crippen LogP contribution in [0.15, 0.2) is 78.4 Å². The van der Waals surface area contributed by atoms with E-state index in [0.717, 1.165) is 23.0 Å². The van der Waals surface area contributed by atoms with E-state index in [4.69, 9.17) is 0 Å². The van der Waals surface area contributed by atoms with Crippen molar-refractivity contribution >= 4 is 45.8 Å². The number of hydrogen-bond donors (Lipinski definition) is 0. The number of aromatic nitrogens is 2. The summed E-state index contributed by atoms with van der Waals surface area (Å²) in [4.78, 5) is 27.8. The van der Waals surface area contributed by atoms with E-state index in [1.807, 2.05) is 49.3 Å². The van der Waals surface area contributed by atoms with Crippen LogP contribution in [0.2, 0.25) is 0 Å². The van der Waals surface area contributed by atoms with E-state index in [1.165, 1.54) is 0 Å². The van der Waals surface area contributed by atoms with Crippen molar-refractivity contribution in [3.05, 3.63) is 95.1 Å². The first-order valence-corrected chi connectivity index (χ1v) is 10.7. The maximum absolute atomic E-state index is 13.5. The van der Waals surface area contributed by atoms with Crippen molar-refractivity contribution in [3.63, 3.8) is 0 Å². The van der Waals surface area contributed by atoms with Crippen molar-refractivity contribution in [3.8, 4) is 0 Å². The van der Waals surface area contributed by atoms with Crippen LogP contribution < -0.4 is 39.6 Å². The van der Waals surface area contributed by atoms with E-state index in [9.17, 15) is 14.7 Å². The Morgan fingerprint density at radius 3 is 2.30 bits per heavy atom. The first kappa shape index (κ1) is 24.8. The summed E-state index contributed by atoms with van der Waals surface area (Å²) in [5, 5.41) is 12.4. The van der Waals surface area contributed by atoms with E-state index in [0.29, 0.717) is 22.2 Å². The summed E-state index contributed by atoms with van der Waals surface area (Å²) in [6.07, 6.45) is 0.145. The zero-order chi connectivity index (χ0) is 22.7. The maximum Gasteiger partial charge on any atom is 1.00 e. The summed E-state index contributed by atoms with van der Waals surface area (Å²) in [6.45, 7) is 0. The van der Waals surface area contributed by atoms with Gasteiger partial charge in [-0.1, -0.05) is 48.5 Å². The fourth-order valence-electron chi connectivity index (χ4n) is 3.55. The number of fused-ring (bicyclic) bond motifs is 1. The van der Waals surface area contributed by atoms with E-state index in [-0.39, 0.29) is 52.9 Å². The van der Waals surface area contributed by atoms with Crippen LogP contribution >= 0.6 is 11.7 Å². The van der Waals surface area contributed by atoms with Gasteiger partial charge in [-0.05, 0) is 35.4 Å². The second-order valence-electron chi connectivity index (χ2n) is 7.54. The number of nitrogens with zero attached hydrogens (tertiary/aromatic N) is 3. The third-order valence-electron chi connectivity index (χ3n) is 5.17. The normalized spacial score (nSPS) is 11.5. The zero-order valence-corrected chi connectivity index (χ0v) is 21.4. The Hall–Kier alpha value is -2.84. The van der Waals surface area contributed by atoms with Crippen molar-refractivity contribution in [2.24, 2.45) is 0 Å². The largest absolute Gasteiger partial charge is 1.00 e. The molecule has 4 aromatic rings. The first-order valence-electron chi connectivity index (χ1n) is 9.97. The second kappa shape index (κ2) is 10.9. The summed E-state index contributed by atoms with van der Waals surface area (Å²) in [5.74, 6) is -1.76. The average molecular weight is 466 g/mol. The minimum Gasteiger partial charge on any atom is -0.545 e. The second-order valence-corrected chi connectivity index (χ2v) is 8.07. The monoisotopic (exact) mass is 465 g/mol. The molecule has 0 aliphatic heterocycles. The topological polar surface area (TPSA) is 86.2 Å². The number of rotatable bonds is 7. The molecule has 1 aromatic heterocycles. The van der Waals surface area contributed by atoms with Gasteiger partial charge in [-0.2, -0.15) is 8.75 Å². The molecule has 0 unspecified atom stereocenters. The molecule has 0 spiro atoms. The van der Waals surface area contributed by atoms with E-state index >= 15 is 0 Å². The Balaban J connectivity index is 0.00000306. The smallest absolute Gasteiger partial charge is 0.545 e. The number of allylic oxidation sites excluding steroid dienone is 1. The Morgan fingerprint density at radius 1 is 0.879 bits per heavy atom. The Labute approximate surface area is 218 Å². The van der Waals surface area contributed by atoms with Crippen molar-refractivity contribution in [1.29, 1.82) is 0 Å². The number of ketones is 1. The summed E-state index contributed by atoms with van der Waals surface area (Å²) >= 11 is 1.05. The maximum atomic E-state index is 13.5. The zero-order valence-electron chi connectivity index (χ0n) is 18.6. The Kier molecular flexibility index (Phi) is 8.15.